The van der Waals surface area contributed by atoms with Crippen LogP contribution in [0.3, 0.4) is 0 Å². The number of rotatable bonds is 13. The molecule has 226 valence electrons. The number of hydrogen-bond donors (Lipinski definition) is 1. The van der Waals surface area contributed by atoms with Crippen molar-refractivity contribution in [1.82, 2.24) is 0 Å². The molecule has 3 atom stereocenters. The minimum Gasteiger partial charge on any atom is -0.497 e. The highest BCUT2D eigenvalue weighted by Gasteiger charge is 2.45. The molecule has 1 fully saturated rings. The van der Waals surface area contributed by atoms with Crippen molar-refractivity contribution >= 4 is 26.1 Å². The molecule has 1 unspecified atom stereocenters. The summed E-state index contributed by atoms with van der Waals surface area (Å²) >= 11 is 0. The van der Waals surface area contributed by atoms with Gasteiger partial charge in [-0.05, 0) is 52.3 Å². The van der Waals surface area contributed by atoms with Crippen molar-refractivity contribution in [1.29, 1.82) is 0 Å². The van der Waals surface area contributed by atoms with E-state index in [2.05, 4.69) is 19.6 Å². The molecule has 1 N–H and O–H groups in total. The molecule has 1 aliphatic heterocycles. The third-order valence-electron chi connectivity index (χ3n) is 5.99. The Kier molecular flexibility index (Phi) is 11.8. The number of aliphatic hydroxyl groups excluding tert-OH is 1. The lowest BCUT2D eigenvalue weighted by Gasteiger charge is -2.22. The molecule has 1 saturated heterocycles. The molecule has 2 rings (SSSR count). The van der Waals surface area contributed by atoms with E-state index >= 15 is 0 Å². The molecule has 10 nitrogen and oxygen atoms in total. The van der Waals surface area contributed by atoms with Crippen molar-refractivity contribution in [3.8, 4) is 11.5 Å². The highest BCUT2D eigenvalue weighted by atomic mass is 28.3. The Balaban J connectivity index is 2.35. The minimum atomic E-state index is -1.43. The summed E-state index contributed by atoms with van der Waals surface area (Å²) in [4.78, 5) is 25.5. The lowest BCUT2D eigenvalue weighted by Crippen LogP contribution is -2.38. The summed E-state index contributed by atoms with van der Waals surface area (Å²) in [5, 5.41) is 11.1. The first kappa shape index (κ1) is 33.8. The van der Waals surface area contributed by atoms with Gasteiger partial charge in [0, 0.05) is 21.3 Å². The molecule has 1 aromatic carbocycles. The predicted octanol–water partition coefficient (Wildman–Crippen LogP) is 4.66. The zero-order chi connectivity index (χ0) is 30.3. The second-order valence-electron chi connectivity index (χ2n) is 12.4. The van der Waals surface area contributed by atoms with Gasteiger partial charge in [-0.1, -0.05) is 31.8 Å². The van der Waals surface area contributed by atoms with E-state index in [1.54, 1.807) is 52.8 Å². The Labute approximate surface area is 238 Å². The van der Waals surface area contributed by atoms with Crippen LogP contribution in [-0.2, 0) is 28.5 Å². The minimum absolute atomic E-state index is 0.0854. The Morgan fingerprint density at radius 2 is 1.80 bits per heavy atom. The molecule has 1 aliphatic rings. The summed E-state index contributed by atoms with van der Waals surface area (Å²) in [6, 6.07) is 4.04. The molecule has 1 aromatic rings. The maximum Gasteiger partial charge on any atom is 0.342 e. The second kappa shape index (κ2) is 14.0. The highest BCUT2D eigenvalue weighted by molar-refractivity contribution is 6.76. The van der Waals surface area contributed by atoms with Crippen LogP contribution in [-0.4, -0.2) is 83.4 Å². The standard InChI is InChI=1S/C29H46O10Si/c1-28(2,3)27(32)36-17-23-25(39-29(4,5)38-23)21(30)12-11-19-15-20(34-7)16-22(37-18-33-6)24(19)26(31)35-13-14-40(8,9)10/h11-12,15-16,21,23,25,30H,13-14,17-18H2,1-10H3/b12-11+/t21?,23-,25+/m1/s1. The first-order chi connectivity index (χ1) is 18.5. The summed E-state index contributed by atoms with van der Waals surface area (Å²) in [6.07, 6.45) is 0.362. The van der Waals surface area contributed by atoms with E-state index in [4.69, 9.17) is 33.2 Å². The van der Waals surface area contributed by atoms with Crippen molar-refractivity contribution < 1.29 is 47.9 Å². The molecule has 11 heteroatoms. The largest absolute Gasteiger partial charge is 0.497 e. The lowest BCUT2D eigenvalue weighted by atomic mass is 9.97. The van der Waals surface area contributed by atoms with Gasteiger partial charge in [-0.15, -0.1) is 0 Å². The average molecular weight is 583 g/mol. The third-order valence-corrected chi connectivity index (χ3v) is 7.69. The summed E-state index contributed by atoms with van der Waals surface area (Å²) < 4.78 is 39.1. The smallest absolute Gasteiger partial charge is 0.342 e. The molecule has 0 amide bonds. The van der Waals surface area contributed by atoms with E-state index < -0.39 is 43.6 Å². The van der Waals surface area contributed by atoms with Crippen LogP contribution in [0.2, 0.25) is 25.7 Å². The zero-order valence-electron chi connectivity index (χ0n) is 25.5. The Hall–Kier alpha value is -2.44. The lowest BCUT2D eigenvalue weighted by molar-refractivity contribution is -0.166. The Morgan fingerprint density at radius 3 is 2.38 bits per heavy atom. The van der Waals surface area contributed by atoms with Gasteiger partial charge in [-0.25, -0.2) is 4.79 Å². The van der Waals surface area contributed by atoms with E-state index in [1.807, 2.05) is 0 Å². The van der Waals surface area contributed by atoms with E-state index in [0.29, 0.717) is 11.3 Å². The molecule has 0 radical (unpaired) electrons. The number of ether oxygens (including phenoxy) is 7. The number of methoxy groups -OCH3 is 2. The van der Waals surface area contributed by atoms with Gasteiger partial charge in [0.05, 0.1) is 19.1 Å². The van der Waals surface area contributed by atoms with Crippen LogP contribution in [0.5, 0.6) is 11.5 Å². The quantitative estimate of drug-likeness (QED) is 0.200. The van der Waals surface area contributed by atoms with Gasteiger partial charge in [0.15, 0.2) is 12.6 Å². The van der Waals surface area contributed by atoms with Crippen LogP contribution in [0.1, 0.15) is 50.5 Å². The number of benzene rings is 1. The van der Waals surface area contributed by atoms with Crippen LogP contribution in [0.25, 0.3) is 6.08 Å². The van der Waals surface area contributed by atoms with Crippen LogP contribution < -0.4 is 9.47 Å². The summed E-state index contributed by atoms with van der Waals surface area (Å²) in [6.45, 7) is 15.4. The fourth-order valence-electron chi connectivity index (χ4n) is 3.80. The number of carbonyl (C=O) groups is 2. The normalized spacial score (nSPS) is 19.9. The third kappa shape index (κ3) is 10.2. The molecule has 0 aliphatic carbocycles. The van der Waals surface area contributed by atoms with Gasteiger partial charge >= 0.3 is 11.9 Å². The van der Waals surface area contributed by atoms with Crippen molar-refractivity contribution in [3.63, 3.8) is 0 Å². The van der Waals surface area contributed by atoms with Crippen LogP contribution in [0.15, 0.2) is 18.2 Å². The van der Waals surface area contributed by atoms with E-state index in [0.717, 1.165) is 6.04 Å². The van der Waals surface area contributed by atoms with Crippen molar-refractivity contribution in [2.45, 2.75) is 84.4 Å². The first-order valence-electron chi connectivity index (χ1n) is 13.4. The molecule has 40 heavy (non-hydrogen) atoms. The zero-order valence-corrected chi connectivity index (χ0v) is 26.5. The number of esters is 2. The Bertz CT molecular complexity index is 1040. The van der Waals surface area contributed by atoms with Gasteiger partial charge in [-0.3, -0.25) is 4.79 Å². The van der Waals surface area contributed by atoms with Crippen molar-refractivity contribution in [2.24, 2.45) is 5.41 Å². The van der Waals surface area contributed by atoms with Crippen LogP contribution in [0, 0.1) is 5.41 Å². The van der Waals surface area contributed by atoms with Gasteiger partial charge in [-0.2, -0.15) is 0 Å². The number of hydrogen-bond acceptors (Lipinski definition) is 10. The molecular formula is C29H46O10Si. The fraction of sp³-hybridized carbons (Fsp3) is 0.655. The summed E-state index contributed by atoms with van der Waals surface area (Å²) in [5.74, 6) is -1.29. The van der Waals surface area contributed by atoms with E-state index in [-0.39, 0.29) is 37.3 Å². The topological polar surface area (TPSA) is 119 Å². The first-order valence-corrected chi connectivity index (χ1v) is 17.1. The van der Waals surface area contributed by atoms with Crippen molar-refractivity contribution in [2.75, 3.05) is 34.2 Å². The summed E-state index contributed by atoms with van der Waals surface area (Å²) in [5.41, 5.74) is -0.0919. The van der Waals surface area contributed by atoms with Crippen LogP contribution >= 0.6 is 0 Å². The monoisotopic (exact) mass is 582 g/mol. The molecule has 0 bridgehead atoms. The van der Waals surface area contributed by atoms with Gasteiger partial charge in [0.1, 0.15) is 42.0 Å². The summed E-state index contributed by atoms with van der Waals surface area (Å²) in [7, 11) is 1.55. The average Bonchev–Trinajstić information content (AvgIpc) is 3.16. The van der Waals surface area contributed by atoms with E-state index in [9.17, 15) is 14.7 Å². The fourth-order valence-corrected chi connectivity index (χ4v) is 4.52. The molecule has 0 spiro atoms. The van der Waals surface area contributed by atoms with Crippen LogP contribution in [0.4, 0.5) is 0 Å². The van der Waals surface area contributed by atoms with E-state index in [1.165, 1.54) is 20.3 Å². The molecular weight excluding hydrogens is 536 g/mol. The van der Waals surface area contributed by atoms with Gasteiger partial charge in [0.2, 0.25) is 0 Å². The number of aliphatic hydroxyl groups is 1. The Morgan fingerprint density at radius 1 is 1.12 bits per heavy atom. The number of carbonyl (C=O) groups excluding carboxylic acids is 2. The van der Waals surface area contributed by atoms with Gasteiger partial charge < -0.3 is 38.3 Å². The van der Waals surface area contributed by atoms with Crippen molar-refractivity contribution in [3.05, 3.63) is 29.3 Å². The SMILES string of the molecule is COCOc1cc(OC)cc(/C=C/C(O)[C@@H]2OC(C)(C)O[C@@H]2COC(=O)C(C)(C)C)c1C(=O)OCC[Si](C)(C)C. The maximum absolute atomic E-state index is 13.2. The second-order valence-corrected chi connectivity index (χ2v) is 18.0. The highest BCUT2D eigenvalue weighted by Crippen LogP contribution is 2.34. The van der Waals surface area contributed by atoms with Gasteiger partial charge in [0.25, 0.3) is 0 Å². The molecule has 0 aromatic heterocycles. The molecule has 1 heterocycles. The predicted molar refractivity (Wildman–Crippen MR) is 153 cm³/mol. The molecule has 0 saturated carbocycles. The maximum atomic E-state index is 13.2.